The van der Waals surface area contributed by atoms with Gasteiger partial charge in [0.05, 0.1) is 19.2 Å². The molecule has 0 saturated carbocycles. The molecule has 9 heteroatoms. The lowest BCUT2D eigenvalue weighted by molar-refractivity contribution is 0.127. The van der Waals surface area contributed by atoms with Crippen LogP contribution >= 0.6 is 56.7 Å². The zero-order chi connectivity index (χ0) is 95.8. The summed E-state index contributed by atoms with van der Waals surface area (Å²) >= 11 is 10.2. The lowest BCUT2D eigenvalue weighted by Crippen LogP contribution is -2.54. The quantitative estimate of drug-likeness (QED) is 0.0295. The van der Waals surface area contributed by atoms with Crippen molar-refractivity contribution in [3.8, 4) is 19.5 Å². The molecular weight excluding hydrogens is 1740 g/mol. The monoisotopic (exact) mass is 1930 g/mol. The molecule has 0 aliphatic carbocycles. The molecule has 0 amide bonds. The minimum Gasteiger partial charge on any atom is -0.376 e. The maximum Gasteiger partial charge on any atom is 0.143 e. The lowest BCUT2D eigenvalue weighted by atomic mass is 9.75. The van der Waals surface area contributed by atoms with E-state index in [1.54, 1.807) is 9.00 Å². The third kappa shape index (κ3) is 30.9. The zero-order valence-electron chi connectivity index (χ0n) is 89.2. The second kappa shape index (κ2) is 59.2. The Balaban J connectivity index is 1.56. The van der Waals surface area contributed by atoms with E-state index < -0.39 is 27.3 Å². The molecule has 0 fully saturated rings. The number of hydrogen-bond acceptors (Lipinski definition) is 7. The number of rotatable bonds is 72. The fraction of sp³-hybridized carbons (Fsp3) is 0.677. The first-order chi connectivity index (χ1) is 64.4. The van der Waals surface area contributed by atoms with Crippen molar-refractivity contribution in [1.29, 1.82) is 0 Å². The Kier molecular flexibility index (Phi) is 50.3. The molecular formula is C124H196O2S5Si2. The third-order valence-electron chi connectivity index (χ3n) is 31.5. The first-order valence-electron chi connectivity index (χ1n) is 56.6. The first kappa shape index (κ1) is 113. The van der Waals surface area contributed by atoms with E-state index in [9.17, 15) is 0 Å². The van der Waals surface area contributed by atoms with Crippen molar-refractivity contribution in [3.05, 3.63) is 175 Å². The van der Waals surface area contributed by atoms with Crippen LogP contribution in [0.2, 0.25) is 33.2 Å². The Morgan fingerprint density at radius 1 is 0.218 bits per heavy atom. The molecule has 742 valence electrons. The standard InChI is InChI=1S/C124H196O2S5Si2/c1-21-29-37-45-53-61-69-99-79-100(70-62-54-46-38-30-22-2)84-107(83-99)123(125,108-85-101(71-63-55-47-39-31-23-3)80-102(86-108)72-64-56-48-40-32-24-4)117-119(111-77-78-115(128-111)132(93(9)10,94(11)12)95(13)14)130-122-118(120(131-121(117)122)114-91-112-113(127-114)92-116(129-112)133(96(15)16,97(17)18)98(19)20)124(126,109-87-103(73-65-57-49-41-33-25-5)81-104(88-109)74-66-58-50-42-34-26-6)110-89-105(75-67-59-51-43-35-27-7)82-106(90-110)76-68-60-52-44-36-28-8/h77-98,125-126H,21-76H2,1-20H3. The van der Waals surface area contributed by atoms with Crippen molar-refractivity contribution >= 4 is 101 Å². The van der Waals surface area contributed by atoms with Crippen LogP contribution in [0.1, 0.15) is 525 Å². The van der Waals surface area contributed by atoms with Crippen LogP contribution in [0.3, 0.4) is 0 Å². The van der Waals surface area contributed by atoms with Crippen molar-refractivity contribution < 1.29 is 10.2 Å². The van der Waals surface area contributed by atoms with Gasteiger partial charge in [0.15, 0.2) is 0 Å². The highest BCUT2D eigenvalue weighted by Gasteiger charge is 2.50. The van der Waals surface area contributed by atoms with Gasteiger partial charge in [0.25, 0.3) is 0 Å². The van der Waals surface area contributed by atoms with Crippen LogP contribution in [0, 0.1) is 0 Å². The van der Waals surface area contributed by atoms with Crippen molar-refractivity contribution in [2.24, 2.45) is 0 Å². The molecule has 0 spiro atoms. The summed E-state index contributed by atoms with van der Waals surface area (Å²) in [5.41, 5.74) is 17.4. The van der Waals surface area contributed by atoms with Gasteiger partial charge in [0.2, 0.25) is 0 Å². The molecule has 2 N–H and O–H groups in total. The van der Waals surface area contributed by atoms with Crippen molar-refractivity contribution in [1.82, 2.24) is 0 Å². The van der Waals surface area contributed by atoms with Crippen molar-refractivity contribution in [3.63, 3.8) is 0 Å². The van der Waals surface area contributed by atoms with Crippen LogP contribution in [-0.2, 0) is 62.6 Å². The molecule has 0 aliphatic rings. The summed E-state index contributed by atoms with van der Waals surface area (Å²) in [6.07, 6.45) is 67.8. The molecule has 0 atom stereocenters. The van der Waals surface area contributed by atoms with Crippen LogP contribution < -0.4 is 9.00 Å². The highest BCUT2D eigenvalue weighted by Crippen LogP contribution is 2.61. The summed E-state index contributed by atoms with van der Waals surface area (Å²) in [5, 5.41) is 33.8. The zero-order valence-corrected chi connectivity index (χ0v) is 95.3. The normalized spacial score (nSPS) is 12.7. The molecule has 0 aliphatic heterocycles. The molecule has 5 heterocycles. The summed E-state index contributed by atoms with van der Waals surface area (Å²) in [6.45, 7) is 49.5. The van der Waals surface area contributed by atoms with Crippen LogP contribution in [0.15, 0.2) is 97.1 Å². The average molecular weight is 1940 g/mol. The topological polar surface area (TPSA) is 40.5 Å². The van der Waals surface area contributed by atoms with Gasteiger partial charge in [-0.25, -0.2) is 0 Å². The Morgan fingerprint density at radius 3 is 0.654 bits per heavy atom. The van der Waals surface area contributed by atoms with Gasteiger partial charge in [-0.15, -0.1) is 56.7 Å². The Bertz CT molecular complexity index is 4360. The van der Waals surface area contributed by atoms with Gasteiger partial charge in [0.1, 0.15) is 27.3 Å². The van der Waals surface area contributed by atoms with E-state index in [0.717, 1.165) is 146 Å². The minimum atomic E-state index is -2.25. The van der Waals surface area contributed by atoms with E-state index in [0.29, 0.717) is 33.2 Å². The highest BCUT2D eigenvalue weighted by atomic mass is 32.1. The Hall–Kier alpha value is -3.75. The number of unbranched alkanes of at least 4 members (excludes halogenated alkanes) is 40. The van der Waals surface area contributed by atoms with E-state index >= 15 is 10.2 Å². The van der Waals surface area contributed by atoms with Gasteiger partial charge in [-0.3, -0.25) is 0 Å². The summed E-state index contributed by atoms with van der Waals surface area (Å²) in [4.78, 5) is 4.92. The molecule has 0 unspecified atom stereocenters. The highest BCUT2D eigenvalue weighted by molar-refractivity contribution is 7.39. The maximum absolute atomic E-state index is 16.9. The van der Waals surface area contributed by atoms with Crippen molar-refractivity contribution in [2.45, 2.75) is 542 Å². The van der Waals surface area contributed by atoms with Crippen LogP contribution in [0.5, 0.6) is 0 Å². The summed E-state index contributed by atoms with van der Waals surface area (Å²) in [5.74, 6) is 0. The van der Waals surface area contributed by atoms with Gasteiger partial charge in [-0.1, -0.05) is 474 Å². The smallest absolute Gasteiger partial charge is 0.143 e. The summed E-state index contributed by atoms with van der Waals surface area (Å²) in [6, 6.07) is 41.5. The molecule has 9 aromatic rings. The minimum absolute atomic E-state index is 0.521. The molecule has 2 nitrogen and oxygen atoms in total. The van der Waals surface area contributed by atoms with E-state index in [1.165, 1.54) is 330 Å². The number of aliphatic hydroxyl groups is 2. The van der Waals surface area contributed by atoms with E-state index in [1.807, 2.05) is 34.0 Å². The van der Waals surface area contributed by atoms with Crippen LogP contribution in [-0.4, -0.2) is 26.4 Å². The largest absolute Gasteiger partial charge is 0.376 e. The third-order valence-corrected chi connectivity index (χ3v) is 53.7. The van der Waals surface area contributed by atoms with Gasteiger partial charge in [-0.2, -0.15) is 0 Å². The number of thiophene rings is 5. The van der Waals surface area contributed by atoms with Crippen LogP contribution in [0.25, 0.3) is 38.3 Å². The SMILES string of the molecule is CCCCCCCCc1cc(CCCCCCCC)cc(C(O)(c2cc(CCCCCCCC)cc(CCCCCCCC)c2)c2c(-c3ccc([Si](C(C)C)(C(C)C)C(C)C)s3)sc3c(C(O)(c4cc(CCCCCCCC)cc(CCCCCCCC)c4)c4cc(CCCCCCCC)cc(CCCCCCCC)c4)c(-c4cc5sc([Si](C(C)C)(C(C)C)C(C)C)cc5s4)sc23)c1. The molecule has 0 saturated heterocycles. The second-order valence-corrected chi connectivity index (χ2v) is 61.6. The Morgan fingerprint density at radius 2 is 0.429 bits per heavy atom. The number of benzene rings is 4. The first-order valence-corrected chi connectivity index (χ1v) is 65.2. The molecule has 5 aromatic heterocycles. The Labute approximate surface area is 840 Å². The van der Waals surface area contributed by atoms with Gasteiger partial charge >= 0.3 is 0 Å². The molecule has 0 radical (unpaired) electrons. The average Bonchev–Trinajstić information content (AvgIpc) is 1.53. The maximum atomic E-state index is 16.9. The van der Waals surface area contributed by atoms with E-state index in [-0.39, 0.29) is 0 Å². The summed E-state index contributed by atoms with van der Waals surface area (Å²) < 4.78 is 8.34. The molecule has 4 aromatic carbocycles. The van der Waals surface area contributed by atoms with E-state index in [4.69, 9.17) is 0 Å². The predicted octanol–water partition coefficient (Wildman–Crippen LogP) is 41.2. The molecule has 0 bridgehead atoms. The fourth-order valence-electron chi connectivity index (χ4n) is 24.3. The van der Waals surface area contributed by atoms with Crippen molar-refractivity contribution in [2.75, 3.05) is 0 Å². The second-order valence-electron chi connectivity index (χ2n) is 43.9. The molecule has 9 rings (SSSR count). The number of aryl methyl sites for hydroxylation is 8. The fourth-order valence-corrected chi connectivity index (χ4v) is 49.1. The van der Waals surface area contributed by atoms with Crippen LogP contribution in [0.4, 0.5) is 0 Å². The van der Waals surface area contributed by atoms with Gasteiger partial charge in [0, 0.05) is 30.3 Å². The van der Waals surface area contributed by atoms with E-state index in [2.05, 4.69) is 258 Å². The number of fused-ring (bicyclic) bond motifs is 2. The van der Waals surface area contributed by atoms with Gasteiger partial charge in [-0.05, 0) is 230 Å². The summed E-state index contributed by atoms with van der Waals surface area (Å²) in [7, 11) is -4.31. The number of hydrogen-bond donors (Lipinski definition) is 2. The van der Waals surface area contributed by atoms with Gasteiger partial charge < -0.3 is 10.2 Å². The molecule has 133 heavy (non-hydrogen) atoms. The predicted molar refractivity (Wildman–Crippen MR) is 610 cm³/mol. The lowest BCUT2D eigenvalue weighted by Gasteiger charge is -2.42.